The van der Waals surface area contributed by atoms with Gasteiger partial charge in [-0.3, -0.25) is 0 Å². The third-order valence-corrected chi connectivity index (χ3v) is 3.04. The lowest BCUT2D eigenvalue weighted by molar-refractivity contribution is 0.293. The van der Waals surface area contributed by atoms with E-state index >= 15 is 0 Å². The summed E-state index contributed by atoms with van der Waals surface area (Å²) in [6.45, 7) is 3.05. The number of nitriles is 1. The molecule has 2 atom stereocenters. The number of benzene rings is 1. The van der Waals surface area contributed by atoms with Gasteiger partial charge in [0.05, 0.1) is 12.5 Å². The average molecular weight is 231 g/mol. The fourth-order valence-electron chi connectivity index (χ4n) is 1.58. The van der Waals surface area contributed by atoms with Crippen LogP contribution in [0.15, 0.2) is 30.3 Å². The molecule has 0 radical (unpaired) electrons. The molecule has 17 heavy (non-hydrogen) atoms. The zero-order valence-corrected chi connectivity index (χ0v) is 10.9. The minimum atomic E-state index is 0.128. The quantitative estimate of drug-likeness (QED) is 0.815. The van der Waals surface area contributed by atoms with E-state index in [1.165, 1.54) is 5.56 Å². The minimum absolute atomic E-state index is 0.128. The summed E-state index contributed by atoms with van der Waals surface area (Å²) in [6.07, 6.45) is 0.504. The molecule has 1 aromatic carbocycles. The average Bonchev–Trinajstić information content (AvgIpc) is 2.35. The summed E-state index contributed by atoms with van der Waals surface area (Å²) in [5.41, 5.74) is 1.18. The van der Waals surface area contributed by atoms with Crippen LogP contribution in [0.1, 0.15) is 24.9 Å². The molecule has 92 valence electrons. The van der Waals surface area contributed by atoms with Crippen LogP contribution in [0, 0.1) is 11.3 Å². The SMILES string of the molecule is CC(CNC(CC#N)c1ccccc1)N(C)C. The van der Waals surface area contributed by atoms with Crippen molar-refractivity contribution in [1.29, 1.82) is 5.26 Å². The predicted octanol–water partition coefficient (Wildman–Crippen LogP) is 2.18. The highest BCUT2D eigenvalue weighted by atomic mass is 15.1. The first-order valence-corrected chi connectivity index (χ1v) is 5.97. The smallest absolute Gasteiger partial charge is 0.0641 e. The molecule has 1 N–H and O–H groups in total. The Hall–Kier alpha value is -1.37. The lowest BCUT2D eigenvalue weighted by Gasteiger charge is -2.23. The van der Waals surface area contributed by atoms with Crippen LogP contribution in [0.4, 0.5) is 0 Å². The normalized spacial score (nSPS) is 14.3. The van der Waals surface area contributed by atoms with E-state index in [4.69, 9.17) is 5.26 Å². The zero-order valence-electron chi connectivity index (χ0n) is 10.9. The molecule has 0 aromatic heterocycles. The van der Waals surface area contributed by atoms with E-state index in [2.05, 4.69) is 49.4 Å². The third-order valence-electron chi connectivity index (χ3n) is 3.04. The van der Waals surface area contributed by atoms with Crippen LogP contribution in [0.2, 0.25) is 0 Å². The van der Waals surface area contributed by atoms with E-state index in [0.717, 1.165) is 6.54 Å². The van der Waals surface area contributed by atoms with Gasteiger partial charge in [-0.25, -0.2) is 0 Å². The van der Waals surface area contributed by atoms with E-state index in [0.29, 0.717) is 12.5 Å². The van der Waals surface area contributed by atoms with Gasteiger partial charge in [-0.05, 0) is 26.6 Å². The first kappa shape index (κ1) is 13.7. The van der Waals surface area contributed by atoms with Crippen molar-refractivity contribution >= 4 is 0 Å². The number of likely N-dealkylation sites (N-methyl/N-ethyl adjacent to an activating group) is 1. The lowest BCUT2D eigenvalue weighted by atomic mass is 10.0. The molecule has 2 unspecified atom stereocenters. The highest BCUT2D eigenvalue weighted by Crippen LogP contribution is 2.15. The fourth-order valence-corrected chi connectivity index (χ4v) is 1.58. The molecule has 0 amide bonds. The van der Waals surface area contributed by atoms with Crippen LogP contribution in [0.5, 0.6) is 0 Å². The van der Waals surface area contributed by atoms with Gasteiger partial charge in [-0.15, -0.1) is 0 Å². The Labute approximate surface area is 104 Å². The van der Waals surface area contributed by atoms with Crippen LogP contribution >= 0.6 is 0 Å². The summed E-state index contributed by atoms with van der Waals surface area (Å²) < 4.78 is 0. The molecule has 0 saturated carbocycles. The Kier molecular flexibility index (Phi) is 5.68. The molecule has 3 heteroatoms. The van der Waals surface area contributed by atoms with E-state index in [-0.39, 0.29) is 6.04 Å². The summed E-state index contributed by atoms with van der Waals surface area (Å²) in [6, 6.07) is 13.0. The second-order valence-corrected chi connectivity index (χ2v) is 4.55. The van der Waals surface area contributed by atoms with Gasteiger partial charge >= 0.3 is 0 Å². The standard InChI is InChI=1S/C14H21N3/c1-12(17(2)3)11-16-14(9-10-15)13-7-5-4-6-8-13/h4-8,12,14,16H,9,11H2,1-3H3. The van der Waals surface area contributed by atoms with Crippen LogP contribution < -0.4 is 5.32 Å². The Balaban J connectivity index is 2.59. The van der Waals surface area contributed by atoms with Crippen molar-refractivity contribution in [3.8, 4) is 6.07 Å². The van der Waals surface area contributed by atoms with Gasteiger partial charge < -0.3 is 10.2 Å². The van der Waals surface area contributed by atoms with Crippen molar-refractivity contribution < 1.29 is 0 Å². The van der Waals surface area contributed by atoms with Gasteiger partial charge in [0.2, 0.25) is 0 Å². The summed E-state index contributed by atoms with van der Waals surface area (Å²) >= 11 is 0. The first-order valence-electron chi connectivity index (χ1n) is 5.97. The van der Waals surface area contributed by atoms with Crippen LogP contribution in [0.3, 0.4) is 0 Å². The van der Waals surface area contributed by atoms with Crippen molar-refractivity contribution in [2.45, 2.75) is 25.4 Å². The molecule has 1 rings (SSSR count). The maximum atomic E-state index is 8.87. The molecule has 0 spiro atoms. The van der Waals surface area contributed by atoms with Gasteiger partial charge in [-0.1, -0.05) is 30.3 Å². The summed E-state index contributed by atoms with van der Waals surface area (Å²) in [4.78, 5) is 2.17. The number of rotatable bonds is 6. The molecule has 0 aliphatic carbocycles. The van der Waals surface area contributed by atoms with Crippen molar-refractivity contribution in [2.24, 2.45) is 0 Å². The molecule has 0 bridgehead atoms. The van der Waals surface area contributed by atoms with Crippen molar-refractivity contribution in [3.05, 3.63) is 35.9 Å². The summed E-state index contributed by atoms with van der Waals surface area (Å²) in [7, 11) is 4.13. The monoisotopic (exact) mass is 231 g/mol. The molecular weight excluding hydrogens is 210 g/mol. The molecular formula is C14H21N3. The molecule has 0 fully saturated rings. The Bertz CT molecular complexity index is 353. The van der Waals surface area contributed by atoms with E-state index in [9.17, 15) is 0 Å². The minimum Gasteiger partial charge on any atom is -0.308 e. The van der Waals surface area contributed by atoms with Gasteiger partial charge in [0.15, 0.2) is 0 Å². The van der Waals surface area contributed by atoms with Crippen molar-refractivity contribution in [2.75, 3.05) is 20.6 Å². The third kappa shape index (κ3) is 4.56. The Morgan fingerprint density at radius 3 is 2.47 bits per heavy atom. The van der Waals surface area contributed by atoms with Crippen LogP contribution in [-0.2, 0) is 0 Å². The van der Waals surface area contributed by atoms with E-state index < -0.39 is 0 Å². The van der Waals surface area contributed by atoms with Gasteiger partial charge in [0, 0.05) is 18.6 Å². The zero-order chi connectivity index (χ0) is 12.7. The van der Waals surface area contributed by atoms with Crippen molar-refractivity contribution in [3.63, 3.8) is 0 Å². The van der Waals surface area contributed by atoms with E-state index in [1.807, 2.05) is 18.2 Å². The lowest BCUT2D eigenvalue weighted by Crippen LogP contribution is -2.37. The number of hydrogen-bond acceptors (Lipinski definition) is 3. The Morgan fingerprint density at radius 1 is 1.29 bits per heavy atom. The maximum Gasteiger partial charge on any atom is 0.0641 e. The number of nitrogens with zero attached hydrogens (tertiary/aromatic N) is 2. The Morgan fingerprint density at radius 2 is 1.94 bits per heavy atom. The van der Waals surface area contributed by atoms with Crippen LogP contribution in [-0.4, -0.2) is 31.6 Å². The highest BCUT2D eigenvalue weighted by Gasteiger charge is 2.12. The summed E-state index contributed by atoms with van der Waals surface area (Å²) in [5, 5.41) is 12.3. The fraction of sp³-hybridized carbons (Fsp3) is 0.500. The van der Waals surface area contributed by atoms with Gasteiger partial charge in [0.25, 0.3) is 0 Å². The number of hydrogen-bond donors (Lipinski definition) is 1. The molecule has 0 heterocycles. The van der Waals surface area contributed by atoms with Gasteiger partial charge in [0.1, 0.15) is 0 Å². The highest BCUT2D eigenvalue weighted by molar-refractivity contribution is 5.19. The second kappa shape index (κ2) is 7.05. The first-order chi connectivity index (χ1) is 8.15. The second-order valence-electron chi connectivity index (χ2n) is 4.55. The van der Waals surface area contributed by atoms with Crippen molar-refractivity contribution in [1.82, 2.24) is 10.2 Å². The largest absolute Gasteiger partial charge is 0.308 e. The molecule has 3 nitrogen and oxygen atoms in total. The van der Waals surface area contributed by atoms with Crippen LogP contribution in [0.25, 0.3) is 0 Å². The maximum absolute atomic E-state index is 8.87. The topological polar surface area (TPSA) is 39.1 Å². The number of nitrogens with one attached hydrogen (secondary N) is 1. The molecule has 0 aliphatic heterocycles. The summed E-state index contributed by atoms with van der Waals surface area (Å²) in [5.74, 6) is 0. The predicted molar refractivity (Wildman–Crippen MR) is 70.6 cm³/mol. The molecule has 0 saturated heterocycles. The molecule has 0 aliphatic rings. The van der Waals surface area contributed by atoms with Gasteiger partial charge in [-0.2, -0.15) is 5.26 Å². The molecule has 1 aromatic rings. The van der Waals surface area contributed by atoms with E-state index in [1.54, 1.807) is 0 Å².